The molecule has 0 saturated carbocycles. The van der Waals surface area contributed by atoms with Gasteiger partial charge in [-0.05, 0) is 36.2 Å². The average Bonchev–Trinajstić information content (AvgIpc) is 3.43. The lowest BCUT2D eigenvalue weighted by Crippen LogP contribution is -2.49. The first-order valence-corrected chi connectivity index (χ1v) is 12.8. The zero-order chi connectivity index (χ0) is 27.4. The summed E-state index contributed by atoms with van der Waals surface area (Å²) in [6, 6.07) is 8.49. The van der Waals surface area contributed by atoms with Gasteiger partial charge in [-0.3, -0.25) is 13.9 Å². The standard InChI is InChI=1S/C27H29F3N6O3/c1-18-11-34(6-7-39-18)12-19-8-22(27(28,29)30)23-14-35(25(37)36(23)13-19)21-5-3-4-20(9-21)26(15-38-16-26)10-24-32-31-17-33(24)2/h3-5,8-9,13-14,17-18H,6-7,10-12,15-16H2,1-2H3/t18-/m1/s1. The van der Waals surface area contributed by atoms with Crippen molar-refractivity contribution in [3.63, 3.8) is 0 Å². The fourth-order valence-corrected chi connectivity index (χ4v) is 5.51. The monoisotopic (exact) mass is 542 g/mol. The van der Waals surface area contributed by atoms with Crippen LogP contribution in [0, 0.1) is 0 Å². The lowest BCUT2D eigenvalue weighted by molar-refractivity contribution is -0.136. The highest BCUT2D eigenvalue weighted by atomic mass is 19.4. The maximum atomic E-state index is 14.2. The molecule has 1 aromatic carbocycles. The first-order valence-electron chi connectivity index (χ1n) is 12.8. The molecule has 4 aromatic rings. The summed E-state index contributed by atoms with van der Waals surface area (Å²) in [4.78, 5) is 15.6. The number of fused-ring (bicyclic) bond motifs is 1. The van der Waals surface area contributed by atoms with Gasteiger partial charge >= 0.3 is 11.9 Å². The molecule has 6 rings (SSSR count). The minimum atomic E-state index is -4.62. The Hall–Kier alpha value is -3.48. The van der Waals surface area contributed by atoms with Crippen molar-refractivity contribution in [3.05, 3.63) is 82.1 Å². The van der Waals surface area contributed by atoms with Crippen LogP contribution in [0.15, 0.2) is 53.8 Å². The van der Waals surface area contributed by atoms with Crippen molar-refractivity contribution in [2.45, 2.75) is 37.6 Å². The van der Waals surface area contributed by atoms with Crippen molar-refractivity contribution >= 4 is 5.52 Å². The highest BCUT2D eigenvalue weighted by molar-refractivity contribution is 5.58. The van der Waals surface area contributed by atoms with Crippen molar-refractivity contribution in [1.29, 1.82) is 0 Å². The first kappa shape index (κ1) is 25.8. The molecule has 3 aromatic heterocycles. The van der Waals surface area contributed by atoms with E-state index in [-0.39, 0.29) is 17.0 Å². The van der Waals surface area contributed by atoms with E-state index in [0.29, 0.717) is 57.1 Å². The van der Waals surface area contributed by atoms with Crippen LogP contribution in [0.25, 0.3) is 11.2 Å². The van der Waals surface area contributed by atoms with E-state index in [2.05, 4.69) is 10.2 Å². The van der Waals surface area contributed by atoms with Crippen molar-refractivity contribution in [2.24, 2.45) is 7.05 Å². The molecule has 0 amide bonds. The molecule has 2 aliphatic heterocycles. The molecule has 39 heavy (non-hydrogen) atoms. The number of halogens is 3. The second-order valence-electron chi connectivity index (χ2n) is 10.6. The summed E-state index contributed by atoms with van der Waals surface area (Å²) >= 11 is 0. The number of ether oxygens (including phenoxy) is 2. The Labute approximate surface area is 222 Å². The summed E-state index contributed by atoms with van der Waals surface area (Å²) in [6.07, 6.45) is 0.390. The molecule has 2 saturated heterocycles. The summed E-state index contributed by atoms with van der Waals surface area (Å²) < 4.78 is 57.9. The molecule has 206 valence electrons. The Kier molecular flexibility index (Phi) is 6.35. The van der Waals surface area contributed by atoms with Crippen molar-refractivity contribution in [2.75, 3.05) is 32.9 Å². The van der Waals surface area contributed by atoms with E-state index in [0.717, 1.165) is 21.9 Å². The predicted molar refractivity (Wildman–Crippen MR) is 136 cm³/mol. The van der Waals surface area contributed by atoms with Crippen LogP contribution in [0.5, 0.6) is 0 Å². The molecule has 2 fully saturated rings. The third-order valence-electron chi connectivity index (χ3n) is 7.66. The number of imidazole rings is 1. The van der Waals surface area contributed by atoms with Gasteiger partial charge in [-0.2, -0.15) is 13.2 Å². The number of hydrogen-bond acceptors (Lipinski definition) is 6. The molecule has 5 heterocycles. The Balaban J connectivity index is 1.40. The number of aromatic nitrogens is 5. The maximum Gasteiger partial charge on any atom is 0.418 e. The number of morpholine rings is 1. The zero-order valence-corrected chi connectivity index (χ0v) is 21.7. The molecule has 0 radical (unpaired) electrons. The first-order chi connectivity index (χ1) is 18.6. The molecular formula is C27H29F3N6O3. The molecule has 12 heteroatoms. The van der Waals surface area contributed by atoms with Crippen LogP contribution in [0.4, 0.5) is 13.2 Å². The van der Waals surface area contributed by atoms with Crippen molar-refractivity contribution in [1.82, 2.24) is 28.6 Å². The molecule has 1 atom stereocenters. The average molecular weight is 543 g/mol. The van der Waals surface area contributed by atoms with Crippen LogP contribution in [0.2, 0.25) is 0 Å². The maximum absolute atomic E-state index is 14.2. The Morgan fingerprint density at radius 2 is 2.00 bits per heavy atom. The predicted octanol–water partition coefficient (Wildman–Crippen LogP) is 2.97. The largest absolute Gasteiger partial charge is 0.418 e. The van der Waals surface area contributed by atoms with Crippen molar-refractivity contribution < 1.29 is 22.6 Å². The van der Waals surface area contributed by atoms with Crippen molar-refractivity contribution in [3.8, 4) is 5.69 Å². The summed E-state index contributed by atoms with van der Waals surface area (Å²) in [5.74, 6) is 0.799. The summed E-state index contributed by atoms with van der Waals surface area (Å²) in [7, 11) is 1.87. The number of benzene rings is 1. The van der Waals surface area contributed by atoms with Gasteiger partial charge < -0.3 is 14.0 Å². The number of aryl methyl sites for hydroxylation is 1. The number of rotatable bonds is 6. The van der Waals surface area contributed by atoms with Crippen LogP contribution in [-0.2, 0) is 41.1 Å². The SMILES string of the molecule is C[C@@H]1CN(Cc2cc(C(F)(F)F)c3cn(-c4cccc(C5(Cc6nncn6C)COC5)c4)c(=O)n3c2)CCO1. The van der Waals surface area contributed by atoms with E-state index < -0.39 is 17.4 Å². The highest BCUT2D eigenvalue weighted by Gasteiger charge is 2.42. The normalized spacial score (nSPS) is 19.9. The van der Waals surface area contributed by atoms with E-state index in [1.54, 1.807) is 12.4 Å². The van der Waals surface area contributed by atoms with Crippen LogP contribution in [0.3, 0.4) is 0 Å². The second-order valence-corrected chi connectivity index (χ2v) is 10.6. The molecule has 0 unspecified atom stereocenters. The minimum absolute atomic E-state index is 0.00123. The second kappa shape index (κ2) is 9.61. The van der Waals surface area contributed by atoms with Gasteiger partial charge in [0.05, 0.1) is 42.7 Å². The molecule has 0 spiro atoms. The third kappa shape index (κ3) is 4.77. The number of nitrogens with zero attached hydrogens (tertiary/aromatic N) is 6. The third-order valence-corrected chi connectivity index (χ3v) is 7.66. The molecule has 0 bridgehead atoms. The Bertz CT molecular complexity index is 1570. The fraction of sp³-hybridized carbons (Fsp3) is 0.444. The molecular weight excluding hydrogens is 513 g/mol. The Morgan fingerprint density at radius 1 is 1.18 bits per heavy atom. The van der Waals surface area contributed by atoms with E-state index in [4.69, 9.17) is 9.47 Å². The van der Waals surface area contributed by atoms with Gasteiger partial charge in [-0.1, -0.05) is 12.1 Å². The lowest BCUT2D eigenvalue weighted by Gasteiger charge is -2.41. The van der Waals surface area contributed by atoms with Crippen LogP contribution < -0.4 is 5.69 Å². The van der Waals surface area contributed by atoms with E-state index >= 15 is 0 Å². The number of alkyl halides is 3. The van der Waals surface area contributed by atoms with E-state index in [9.17, 15) is 18.0 Å². The molecule has 0 N–H and O–H groups in total. The zero-order valence-electron chi connectivity index (χ0n) is 21.7. The highest BCUT2D eigenvalue weighted by Crippen LogP contribution is 2.37. The summed E-state index contributed by atoms with van der Waals surface area (Å²) in [5, 5.41) is 8.16. The van der Waals surface area contributed by atoms with Gasteiger partial charge in [0, 0.05) is 50.9 Å². The topological polar surface area (TPSA) is 78.8 Å². The smallest absolute Gasteiger partial charge is 0.379 e. The van der Waals surface area contributed by atoms with Crippen LogP contribution in [-0.4, -0.2) is 67.6 Å². The molecule has 2 aliphatic rings. The van der Waals surface area contributed by atoms with Crippen LogP contribution in [0.1, 0.15) is 29.4 Å². The van der Waals surface area contributed by atoms with E-state index in [1.807, 2.05) is 41.6 Å². The summed E-state index contributed by atoms with van der Waals surface area (Å²) in [6.45, 7) is 4.92. The number of hydrogen-bond donors (Lipinski definition) is 0. The lowest BCUT2D eigenvalue weighted by atomic mass is 9.75. The van der Waals surface area contributed by atoms with Gasteiger partial charge in [0.1, 0.15) is 12.2 Å². The Morgan fingerprint density at radius 3 is 2.67 bits per heavy atom. The molecule has 0 aliphatic carbocycles. The van der Waals surface area contributed by atoms with E-state index in [1.165, 1.54) is 17.0 Å². The van der Waals surface area contributed by atoms with Gasteiger partial charge in [0.2, 0.25) is 0 Å². The van der Waals surface area contributed by atoms with Gasteiger partial charge in [-0.25, -0.2) is 4.79 Å². The fourth-order valence-electron chi connectivity index (χ4n) is 5.51. The van der Waals surface area contributed by atoms with Gasteiger partial charge in [0.25, 0.3) is 0 Å². The van der Waals surface area contributed by atoms with Crippen LogP contribution >= 0.6 is 0 Å². The van der Waals surface area contributed by atoms with Gasteiger partial charge in [-0.15, -0.1) is 10.2 Å². The van der Waals surface area contributed by atoms with Gasteiger partial charge in [0.15, 0.2) is 0 Å². The minimum Gasteiger partial charge on any atom is -0.379 e. The molecule has 9 nitrogen and oxygen atoms in total. The quantitative estimate of drug-likeness (QED) is 0.373. The number of pyridine rings is 1. The summed E-state index contributed by atoms with van der Waals surface area (Å²) in [5.41, 5.74) is -0.100.